The topological polar surface area (TPSA) is 270 Å². The van der Waals surface area contributed by atoms with Crippen LogP contribution in [0.5, 0.6) is 11.5 Å². The summed E-state index contributed by atoms with van der Waals surface area (Å²) in [6, 6.07) is 24.7. The van der Waals surface area contributed by atoms with E-state index >= 15 is 0 Å². The van der Waals surface area contributed by atoms with Crippen LogP contribution in [0.1, 0.15) is 55.4 Å². The highest BCUT2D eigenvalue weighted by atomic mass is 16.7. The molecule has 4 aromatic carbocycles. The number of ether oxygens (including phenoxy) is 9. The van der Waals surface area contributed by atoms with Crippen molar-refractivity contribution in [2.24, 2.45) is 0 Å². The standard InChI is InChI=1S/C46H45N3O18/c1-25(50)62-39-40(63-26(2)51)42(64-27(3)52)44(67-41(39)43(54)59-4)66-37-18-13-28(23-61-46(56)65-31-16-14-30(15-17-31)49(57)58)21-29(37)22-48-38(53)19-20-47-45(55)60-24-36-34-11-7-5-9-32(34)33-10-6-8-12-35(33)36/h5-18,21,36,39-42,44H,19-20,22-24H2,1-4H3,(H,47,55)(H,48,53)/t39-,40-,41-,42+,44?/m0/s1. The molecule has 2 amide bonds. The lowest BCUT2D eigenvalue weighted by molar-refractivity contribution is -0.384. The second-order valence-corrected chi connectivity index (χ2v) is 14.9. The largest absolute Gasteiger partial charge is 0.514 e. The van der Waals surface area contributed by atoms with Crippen LogP contribution < -0.4 is 20.1 Å². The number of nitro benzene ring substituents is 1. The number of hydrogen-bond donors (Lipinski definition) is 2. The maximum absolute atomic E-state index is 13.2. The van der Waals surface area contributed by atoms with E-state index in [-0.39, 0.29) is 54.8 Å². The molecule has 0 saturated carbocycles. The summed E-state index contributed by atoms with van der Waals surface area (Å²) in [5, 5.41) is 16.3. The predicted octanol–water partition coefficient (Wildman–Crippen LogP) is 4.93. The lowest BCUT2D eigenvalue weighted by Gasteiger charge is -2.43. The fourth-order valence-corrected chi connectivity index (χ4v) is 7.39. The van der Waals surface area contributed by atoms with Crippen LogP contribution in [0.2, 0.25) is 0 Å². The number of non-ortho nitro benzene ring substituents is 1. The Morgan fingerprint density at radius 1 is 0.731 bits per heavy atom. The van der Waals surface area contributed by atoms with E-state index in [1.54, 1.807) is 0 Å². The van der Waals surface area contributed by atoms with Crippen molar-refractivity contribution in [2.75, 3.05) is 20.3 Å². The van der Waals surface area contributed by atoms with Crippen molar-refractivity contribution in [1.82, 2.24) is 10.6 Å². The molecule has 2 N–H and O–H groups in total. The Morgan fingerprint density at radius 2 is 1.34 bits per heavy atom. The summed E-state index contributed by atoms with van der Waals surface area (Å²) in [6.45, 7) is 2.41. The lowest BCUT2D eigenvalue weighted by atomic mass is 9.97. The van der Waals surface area contributed by atoms with Crippen molar-refractivity contribution >= 4 is 47.7 Å². The third-order valence-electron chi connectivity index (χ3n) is 10.2. The number of amides is 2. The van der Waals surface area contributed by atoms with E-state index in [1.165, 1.54) is 30.3 Å². The van der Waals surface area contributed by atoms with E-state index in [2.05, 4.69) is 10.6 Å². The van der Waals surface area contributed by atoms with Gasteiger partial charge in [-0.15, -0.1) is 0 Å². The van der Waals surface area contributed by atoms with Crippen molar-refractivity contribution in [3.63, 3.8) is 0 Å². The van der Waals surface area contributed by atoms with Crippen molar-refractivity contribution < 1.29 is 81.1 Å². The molecule has 1 aliphatic heterocycles. The van der Waals surface area contributed by atoms with Crippen LogP contribution in [-0.4, -0.2) is 97.9 Å². The zero-order chi connectivity index (χ0) is 48.2. The average Bonchev–Trinajstić information content (AvgIpc) is 3.61. The highest BCUT2D eigenvalue weighted by Gasteiger charge is 2.56. The molecule has 21 heteroatoms. The molecule has 6 rings (SSSR count). The molecule has 0 bridgehead atoms. The summed E-state index contributed by atoms with van der Waals surface area (Å²) >= 11 is 0. The minimum atomic E-state index is -1.77. The molecule has 1 heterocycles. The van der Waals surface area contributed by atoms with Gasteiger partial charge in [-0.05, 0) is 52.1 Å². The highest BCUT2D eigenvalue weighted by molar-refractivity contribution is 5.80. The summed E-state index contributed by atoms with van der Waals surface area (Å²) in [5.41, 5.74) is 4.51. The Morgan fingerprint density at radius 3 is 1.96 bits per heavy atom. The van der Waals surface area contributed by atoms with Gasteiger partial charge in [0.05, 0.1) is 12.0 Å². The van der Waals surface area contributed by atoms with Crippen LogP contribution in [0, 0.1) is 10.1 Å². The SMILES string of the molecule is COC(=O)[C@H]1OC(Oc2ccc(COC(=O)Oc3ccc([N+](=O)[O-])cc3)cc2CNC(=O)CCNC(=O)OCC2c3ccccc3-c3ccccc32)[C@H](OC(C)=O)[C@@H](OC(C)=O)[C@@H]1OC(C)=O. The third kappa shape index (κ3) is 12.6. The van der Waals surface area contributed by atoms with Gasteiger partial charge >= 0.3 is 36.1 Å². The summed E-state index contributed by atoms with van der Waals surface area (Å²) in [4.78, 5) is 98.7. The van der Waals surface area contributed by atoms with Gasteiger partial charge in [-0.2, -0.15) is 0 Å². The van der Waals surface area contributed by atoms with Crippen LogP contribution >= 0.6 is 0 Å². The number of nitrogens with one attached hydrogen (secondary N) is 2. The predicted molar refractivity (Wildman–Crippen MR) is 228 cm³/mol. The maximum Gasteiger partial charge on any atom is 0.514 e. The van der Waals surface area contributed by atoms with Gasteiger partial charge in [0.1, 0.15) is 24.7 Å². The molecule has 5 atom stereocenters. The highest BCUT2D eigenvalue weighted by Crippen LogP contribution is 2.44. The molecular weight excluding hydrogens is 883 g/mol. The zero-order valence-corrected chi connectivity index (χ0v) is 36.5. The fourth-order valence-electron chi connectivity index (χ4n) is 7.39. The number of carbonyl (C=O) groups is 7. The number of hydrogen-bond acceptors (Lipinski definition) is 18. The maximum atomic E-state index is 13.2. The Balaban J connectivity index is 1.16. The Hall–Kier alpha value is -8.07. The van der Waals surface area contributed by atoms with E-state index in [4.69, 9.17) is 42.6 Å². The van der Waals surface area contributed by atoms with Crippen molar-refractivity contribution in [3.8, 4) is 22.6 Å². The number of rotatable bonds is 17. The van der Waals surface area contributed by atoms with Gasteiger partial charge in [-0.25, -0.2) is 14.4 Å². The van der Waals surface area contributed by atoms with Gasteiger partial charge in [0.25, 0.3) is 5.69 Å². The first-order chi connectivity index (χ1) is 32.1. The molecule has 67 heavy (non-hydrogen) atoms. The monoisotopic (exact) mass is 927 g/mol. The number of carbonyl (C=O) groups excluding carboxylic acids is 7. The summed E-state index contributed by atoms with van der Waals surface area (Å²) in [7, 11) is 1.03. The van der Waals surface area contributed by atoms with Crippen molar-refractivity contribution in [2.45, 2.75) is 77.0 Å². The number of methoxy groups -OCH3 is 1. The number of nitro groups is 1. The molecule has 21 nitrogen and oxygen atoms in total. The summed E-state index contributed by atoms with van der Waals surface area (Å²) in [6.07, 6.45) is -10.6. The molecule has 0 radical (unpaired) electrons. The zero-order valence-electron chi connectivity index (χ0n) is 36.5. The van der Waals surface area contributed by atoms with Gasteiger partial charge in [-0.3, -0.25) is 29.3 Å². The van der Waals surface area contributed by atoms with Crippen molar-refractivity contribution in [3.05, 3.63) is 123 Å². The van der Waals surface area contributed by atoms with E-state index in [9.17, 15) is 43.7 Å². The van der Waals surface area contributed by atoms with Crippen LogP contribution in [-0.2, 0) is 70.3 Å². The molecule has 1 unspecified atom stereocenters. The van der Waals surface area contributed by atoms with Gasteiger partial charge in [0.2, 0.25) is 18.3 Å². The molecule has 1 aliphatic carbocycles. The first-order valence-corrected chi connectivity index (χ1v) is 20.6. The van der Waals surface area contributed by atoms with E-state index < -0.39 is 84.3 Å². The van der Waals surface area contributed by atoms with Gasteiger partial charge in [0, 0.05) is 63.9 Å². The van der Waals surface area contributed by atoms with Crippen LogP contribution in [0.3, 0.4) is 0 Å². The quantitative estimate of drug-likeness (QED) is 0.0467. The van der Waals surface area contributed by atoms with E-state index in [1.807, 2.05) is 48.5 Å². The van der Waals surface area contributed by atoms with E-state index in [0.29, 0.717) is 5.56 Å². The fraction of sp³-hybridized carbons (Fsp3) is 0.326. The second kappa shape index (κ2) is 22.2. The average molecular weight is 928 g/mol. The smallest absolute Gasteiger partial charge is 0.467 e. The Kier molecular flexibility index (Phi) is 16.0. The van der Waals surface area contributed by atoms with Crippen LogP contribution in [0.25, 0.3) is 11.1 Å². The minimum absolute atomic E-state index is 0.0288. The summed E-state index contributed by atoms with van der Waals surface area (Å²) < 4.78 is 49.1. The molecule has 2 aliphatic rings. The van der Waals surface area contributed by atoms with Crippen molar-refractivity contribution in [1.29, 1.82) is 0 Å². The molecule has 1 saturated heterocycles. The number of benzene rings is 4. The van der Waals surface area contributed by atoms with Crippen LogP contribution in [0.4, 0.5) is 15.3 Å². The Bertz CT molecular complexity index is 2470. The Labute approximate surface area is 382 Å². The number of fused-ring (bicyclic) bond motifs is 3. The summed E-state index contributed by atoms with van der Waals surface area (Å²) in [5.74, 6) is -4.55. The minimum Gasteiger partial charge on any atom is -0.467 e. The lowest BCUT2D eigenvalue weighted by Crippen LogP contribution is -2.64. The number of esters is 4. The normalized spacial score (nSPS) is 18.1. The molecule has 352 valence electrons. The number of nitrogens with zero attached hydrogens (tertiary/aromatic N) is 1. The number of alkyl carbamates (subject to hydrolysis) is 1. The molecular formula is C46H45N3O18. The third-order valence-corrected chi connectivity index (χ3v) is 10.2. The van der Waals surface area contributed by atoms with Gasteiger partial charge in [0.15, 0.2) is 18.3 Å². The van der Waals surface area contributed by atoms with Gasteiger partial charge in [-0.1, -0.05) is 54.6 Å². The second-order valence-electron chi connectivity index (χ2n) is 14.9. The molecule has 4 aromatic rings. The molecule has 0 aromatic heterocycles. The first-order valence-electron chi connectivity index (χ1n) is 20.6. The van der Waals surface area contributed by atoms with Gasteiger partial charge < -0.3 is 53.3 Å². The molecule has 1 fully saturated rings. The van der Waals surface area contributed by atoms with Crippen LogP contribution in [0.15, 0.2) is 91.0 Å². The first kappa shape index (κ1) is 48.4. The van der Waals surface area contributed by atoms with E-state index in [0.717, 1.165) is 62.3 Å². The molecule has 0 spiro atoms.